The average molecular weight is 360 g/mol. The van der Waals surface area contributed by atoms with Gasteiger partial charge in [-0.2, -0.15) is 0 Å². The molecule has 0 aliphatic heterocycles. The third-order valence-electron chi connectivity index (χ3n) is 5.97. The molecular formula is C21H28O5. The second-order valence-electron chi connectivity index (χ2n) is 7.58. The number of carboxylic acid groups (broad SMARTS) is 1. The predicted octanol–water partition coefficient (Wildman–Crippen LogP) is 4.23. The summed E-state index contributed by atoms with van der Waals surface area (Å²) < 4.78 is 10.6. The normalized spacial score (nSPS) is 27.7. The first-order valence-electron chi connectivity index (χ1n) is 9.68. The van der Waals surface area contributed by atoms with Crippen molar-refractivity contribution in [3.8, 4) is 0 Å². The number of fused-ring (bicyclic) bond motifs is 1. The van der Waals surface area contributed by atoms with E-state index in [1.54, 1.807) is 6.26 Å². The molecule has 0 radical (unpaired) electrons. The molecule has 0 aromatic carbocycles. The van der Waals surface area contributed by atoms with Crippen molar-refractivity contribution in [3.63, 3.8) is 0 Å². The van der Waals surface area contributed by atoms with E-state index in [1.807, 2.05) is 12.3 Å². The number of rotatable bonds is 8. The Labute approximate surface area is 154 Å². The molecule has 0 amide bonds. The van der Waals surface area contributed by atoms with Crippen LogP contribution in [0.5, 0.6) is 0 Å². The highest BCUT2D eigenvalue weighted by atomic mass is 16.5. The van der Waals surface area contributed by atoms with Gasteiger partial charge in [0.15, 0.2) is 0 Å². The molecule has 1 fully saturated rings. The number of aliphatic carboxylic acids is 1. The van der Waals surface area contributed by atoms with Crippen LogP contribution in [-0.2, 0) is 20.7 Å². The van der Waals surface area contributed by atoms with E-state index in [0.29, 0.717) is 30.3 Å². The van der Waals surface area contributed by atoms with Crippen molar-refractivity contribution in [1.82, 2.24) is 0 Å². The third kappa shape index (κ3) is 4.99. The summed E-state index contributed by atoms with van der Waals surface area (Å²) in [5.74, 6) is 0.839. The molecule has 142 valence electrons. The zero-order valence-corrected chi connectivity index (χ0v) is 15.1. The standard InChI is InChI=1S/C21H28O5/c22-20(23)9-10-21(24)26-14-17-7-6-16-3-1-2-4-18(16)19(17)8-5-15-11-12-25-13-15/h1,3,11-13,16-19H,2,4-10,14H2,(H,22,23)/t16?,17-,18-,19-/m0/s1. The Kier molecular flexibility index (Phi) is 6.53. The molecule has 1 saturated carbocycles. The molecule has 0 bridgehead atoms. The molecule has 1 heterocycles. The fraction of sp³-hybridized carbons (Fsp3) is 0.619. The number of ether oxygens (including phenoxy) is 1. The Bertz CT molecular complexity index is 618. The van der Waals surface area contributed by atoms with Crippen molar-refractivity contribution in [2.24, 2.45) is 23.7 Å². The largest absolute Gasteiger partial charge is 0.481 e. The molecule has 2 aliphatic carbocycles. The smallest absolute Gasteiger partial charge is 0.306 e. The van der Waals surface area contributed by atoms with Gasteiger partial charge in [-0.1, -0.05) is 12.2 Å². The van der Waals surface area contributed by atoms with Gasteiger partial charge in [-0.25, -0.2) is 0 Å². The predicted molar refractivity (Wildman–Crippen MR) is 96.4 cm³/mol. The summed E-state index contributed by atoms with van der Waals surface area (Å²) in [4.78, 5) is 22.4. The zero-order valence-electron chi connectivity index (χ0n) is 15.1. The van der Waals surface area contributed by atoms with Crippen LogP contribution in [0.4, 0.5) is 0 Å². The fourth-order valence-corrected chi connectivity index (χ4v) is 4.63. The highest BCUT2D eigenvalue weighted by Crippen LogP contribution is 2.46. The van der Waals surface area contributed by atoms with Crippen molar-refractivity contribution < 1.29 is 23.8 Å². The van der Waals surface area contributed by atoms with E-state index < -0.39 is 11.9 Å². The molecule has 26 heavy (non-hydrogen) atoms. The number of allylic oxidation sites excluding steroid dienone is 2. The molecule has 4 atom stereocenters. The summed E-state index contributed by atoms with van der Waals surface area (Å²) in [6, 6.07) is 2.02. The number of aryl methyl sites for hydroxylation is 1. The van der Waals surface area contributed by atoms with Crippen LogP contribution in [0.1, 0.15) is 50.5 Å². The number of carbonyl (C=O) groups excluding carboxylic acids is 1. The third-order valence-corrected chi connectivity index (χ3v) is 5.97. The summed E-state index contributed by atoms with van der Waals surface area (Å²) in [7, 11) is 0. The number of esters is 1. The number of furan rings is 1. The van der Waals surface area contributed by atoms with Crippen LogP contribution in [0.2, 0.25) is 0 Å². The van der Waals surface area contributed by atoms with Crippen molar-refractivity contribution in [1.29, 1.82) is 0 Å². The van der Waals surface area contributed by atoms with Gasteiger partial charge < -0.3 is 14.3 Å². The summed E-state index contributed by atoms with van der Waals surface area (Å²) >= 11 is 0. The highest BCUT2D eigenvalue weighted by molar-refractivity contribution is 5.76. The van der Waals surface area contributed by atoms with Gasteiger partial charge in [0.1, 0.15) is 0 Å². The topological polar surface area (TPSA) is 76.7 Å². The fourth-order valence-electron chi connectivity index (χ4n) is 4.63. The van der Waals surface area contributed by atoms with Crippen LogP contribution in [0.25, 0.3) is 0 Å². The van der Waals surface area contributed by atoms with E-state index in [4.69, 9.17) is 14.3 Å². The van der Waals surface area contributed by atoms with E-state index >= 15 is 0 Å². The lowest BCUT2D eigenvalue weighted by atomic mass is 9.62. The summed E-state index contributed by atoms with van der Waals surface area (Å²) in [6.45, 7) is 0.418. The first-order chi connectivity index (χ1) is 12.6. The lowest BCUT2D eigenvalue weighted by Gasteiger charge is -2.44. The van der Waals surface area contributed by atoms with Crippen molar-refractivity contribution in [3.05, 3.63) is 36.3 Å². The van der Waals surface area contributed by atoms with Gasteiger partial charge in [0.05, 0.1) is 32.0 Å². The molecule has 5 nitrogen and oxygen atoms in total. The van der Waals surface area contributed by atoms with Gasteiger partial charge in [0, 0.05) is 0 Å². The van der Waals surface area contributed by atoms with E-state index in [-0.39, 0.29) is 12.8 Å². The van der Waals surface area contributed by atoms with Crippen molar-refractivity contribution in [2.75, 3.05) is 6.61 Å². The lowest BCUT2D eigenvalue weighted by Crippen LogP contribution is -2.38. The molecule has 1 aromatic rings. The number of carboxylic acids is 1. The Morgan fingerprint density at radius 3 is 2.88 bits per heavy atom. The Hall–Kier alpha value is -2.04. The van der Waals surface area contributed by atoms with Crippen LogP contribution >= 0.6 is 0 Å². The Balaban J connectivity index is 1.59. The number of hydrogen-bond donors (Lipinski definition) is 1. The molecule has 0 spiro atoms. The number of hydrogen-bond acceptors (Lipinski definition) is 4. The molecule has 3 rings (SSSR count). The molecule has 1 N–H and O–H groups in total. The van der Waals surface area contributed by atoms with Gasteiger partial charge in [-0.3, -0.25) is 9.59 Å². The summed E-state index contributed by atoms with van der Waals surface area (Å²) in [6.07, 6.45) is 14.6. The Morgan fingerprint density at radius 1 is 1.23 bits per heavy atom. The van der Waals surface area contributed by atoms with Crippen molar-refractivity contribution in [2.45, 2.75) is 51.4 Å². The lowest BCUT2D eigenvalue weighted by molar-refractivity contribution is -0.150. The quantitative estimate of drug-likeness (QED) is 0.554. The van der Waals surface area contributed by atoms with E-state index in [9.17, 15) is 9.59 Å². The van der Waals surface area contributed by atoms with Crippen LogP contribution in [-0.4, -0.2) is 23.7 Å². The summed E-state index contributed by atoms with van der Waals surface area (Å²) in [5.41, 5.74) is 1.22. The molecule has 1 unspecified atom stereocenters. The van der Waals surface area contributed by atoms with Crippen LogP contribution in [0, 0.1) is 23.7 Å². The van der Waals surface area contributed by atoms with Crippen LogP contribution in [0.3, 0.4) is 0 Å². The first-order valence-corrected chi connectivity index (χ1v) is 9.68. The van der Waals surface area contributed by atoms with Gasteiger partial charge >= 0.3 is 11.9 Å². The van der Waals surface area contributed by atoms with Gasteiger partial charge in [0.2, 0.25) is 0 Å². The van der Waals surface area contributed by atoms with E-state index in [0.717, 1.165) is 32.1 Å². The molecule has 0 saturated heterocycles. The maximum atomic E-state index is 11.8. The SMILES string of the molecule is O=C(O)CCC(=O)OC[C@@H]1CCC2C=CCC[C@@H]2[C@H]1CCc1ccoc1. The second-order valence-corrected chi connectivity index (χ2v) is 7.58. The zero-order chi connectivity index (χ0) is 18.4. The minimum atomic E-state index is -0.963. The van der Waals surface area contributed by atoms with E-state index in [2.05, 4.69) is 12.2 Å². The average Bonchev–Trinajstić information content (AvgIpc) is 3.16. The minimum Gasteiger partial charge on any atom is -0.481 e. The maximum absolute atomic E-state index is 11.8. The van der Waals surface area contributed by atoms with Gasteiger partial charge in [-0.05, 0) is 73.8 Å². The molecular weight excluding hydrogens is 332 g/mol. The van der Waals surface area contributed by atoms with Crippen LogP contribution < -0.4 is 0 Å². The maximum Gasteiger partial charge on any atom is 0.306 e. The van der Waals surface area contributed by atoms with Crippen molar-refractivity contribution >= 4 is 11.9 Å². The molecule has 1 aromatic heterocycles. The van der Waals surface area contributed by atoms with Gasteiger partial charge in [0.25, 0.3) is 0 Å². The monoisotopic (exact) mass is 360 g/mol. The molecule has 2 aliphatic rings. The molecule has 5 heteroatoms. The summed E-state index contributed by atoms with van der Waals surface area (Å²) in [5, 5.41) is 8.69. The first kappa shape index (κ1) is 18.7. The minimum absolute atomic E-state index is 0.0451. The Morgan fingerprint density at radius 2 is 2.12 bits per heavy atom. The second kappa shape index (κ2) is 9.06. The van der Waals surface area contributed by atoms with Gasteiger partial charge in [-0.15, -0.1) is 0 Å². The van der Waals surface area contributed by atoms with Crippen LogP contribution in [0.15, 0.2) is 35.2 Å². The number of carbonyl (C=O) groups is 2. The highest BCUT2D eigenvalue weighted by Gasteiger charge is 2.39. The van der Waals surface area contributed by atoms with E-state index in [1.165, 1.54) is 12.0 Å².